The summed E-state index contributed by atoms with van der Waals surface area (Å²) in [6.07, 6.45) is 5.29. The van der Waals surface area contributed by atoms with E-state index in [1.807, 2.05) is 0 Å². The quantitative estimate of drug-likeness (QED) is 0.736. The number of hydrogen-bond acceptors (Lipinski definition) is 6. The van der Waals surface area contributed by atoms with Gasteiger partial charge in [0.2, 0.25) is 5.79 Å². The van der Waals surface area contributed by atoms with E-state index in [1.54, 1.807) is 23.3 Å². The third-order valence-electron chi connectivity index (χ3n) is 3.35. The van der Waals surface area contributed by atoms with Crippen LogP contribution in [-0.2, 0) is 31.9 Å². The lowest BCUT2D eigenvalue weighted by molar-refractivity contribution is -0.189. The molecule has 2 N–H and O–H groups in total. The van der Waals surface area contributed by atoms with Crippen LogP contribution in [-0.4, -0.2) is 53.2 Å². The lowest BCUT2D eigenvalue weighted by Crippen LogP contribution is -2.34. The molecule has 1 aromatic heterocycles. The molecule has 1 saturated heterocycles. The standard InChI is InChI=1S/C14H14ClFN2O3.CH4O3S/c15-13-5-10(16)1-2-12(13)14(8-18-4-3-17-9-18)20-7-11(6-19)21-14;1-5(2,3)4/h1-5,9,11,19H,6-8H2;1H3,(H,2,3,4). The van der Waals surface area contributed by atoms with Crippen LogP contribution < -0.4 is 0 Å². The van der Waals surface area contributed by atoms with E-state index in [-0.39, 0.29) is 18.2 Å². The number of aliphatic hydroxyl groups is 1. The zero-order chi connectivity index (χ0) is 19.4. The molecule has 1 aliphatic heterocycles. The average Bonchev–Trinajstić information content (AvgIpc) is 3.16. The zero-order valence-electron chi connectivity index (χ0n) is 13.7. The minimum absolute atomic E-state index is 0.162. The molecule has 8 nitrogen and oxygen atoms in total. The van der Waals surface area contributed by atoms with E-state index in [0.29, 0.717) is 18.4 Å². The van der Waals surface area contributed by atoms with E-state index in [0.717, 1.165) is 0 Å². The summed E-state index contributed by atoms with van der Waals surface area (Å²) >= 11 is 6.14. The highest BCUT2D eigenvalue weighted by molar-refractivity contribution is 7.85. The molecule has 0 amide bonds. The fourth-order valence-corrected chi connectivity index (χ4v) is 2.69. The molecule has 0 spiro atoms. The number of hydrogen-bond donors (Lipinski definition) is 2. The van der Waals surface area contributed by atoms with Gasteiger partial charge in [0.25, 0.3) is 10.1 Å². The Balaban J connectivity index is 0.000000431. The van der Waals surface area contributed by atoms with Gasteiger partial charge < -0.3 is 19.1 Å². The van der Waals surface area contributed by atoms with E-state index < -0.39 is 27.8 Å². The molecule has 0 saturated carbocycles. The SMILES string of the molecule is CS(=O)(=O)O.OCC1COC(Cn2ccnc2)(c2ccc(F)cc2Cl)O1. The number of rotatable bonds is 4. The smallest absolute Gasteiger partial charge is 0.261 e. The molecule has 0 bridgehead atoms. The first kappa shape index (κ1) is 20.7. The van der Waals surface area contributed by atoms with Crippen LogP contribution >= 0.6 is 11.6 Å². The van der Waals surface area contributed by atoms with Crippen LogP contribution in [0.5, 0.6) is 0 Å². The van der Waals surface area contributed by atoms with Gasteiger partial charge in [0.15, 0.2) is 0 Å². The van der Waals surface area contributed by atoms with Crippen molar-refractivity contribution in [3.05, 3.63) is 53.3 Å². The summed E-state index contributed by atoms with van der Waals surface area (Å²) in [5.41, 5.74) is 0.523. The number of nitrogens with zero attached hydrogens (tertiary/aromatic N) is 2. The minimum atomic E-state index is -3.67. The largest absolute Gasteiger partial charge is 0.394 e. The van der Waals surface area contributed by atoms with Crippen molar-refractivity contribution in [2.24, 2.45) is 0 Å². The fraction of sp³-hybridized carbons (Fsp3) is 0.400. The number of benzene rings is 1. The Bertz CT molecular complexity index is 825. The molecule has 1 aliphatic rings. The Kier molecular flexibility index (Phi) is 6.72. The second kappa shape index (κ2) is 8.42. The normalized spacial score (nSPS) is 22.7. The van der Waals surface area contributed by atoms with Crippen LogP contribution in [0, 0.1) is 5.82 Å². The van der Waals surface area contributed by atoms with Crippen LogP contribution in [0.15, 0.2) is 36.9 Å². The first-order chi connectivity index (χ1) is 12.1. The second-order valence-corrected chi connectivity index (χ2v) is 7.45. The summed E-state index contributed by atoms with van der Waals surface area (Å²) in [5.74, 6) is -1.60. The fourth-order valence-electron chi connectivity index (χ4n) is 2.38. The summed E-state index contributed by atoms with van der Waals surface area (Å²) in [6.45, 7) is 0.373. The zero-order valence-corrected chi connectivity index (χ0v) is 15.3. The monoisotopic (exact) mass is 408 g/mol. The van der Waals surface area contributed by atoms with Crippen molar-refractivity contribution >= 4 is 21.7 Å². The summed E-state index contributed by atoms with van der Waals surface area (Å²) in [6, 6.07) is 4.05. The van der Waals surface area contributed by atoms with Gasteiger partial charge in [0.05, 0.1) is 37.4 Å². The van der Waals surface area contributed by atoms with Crippen LogP contribution in [0.2, 0.25) is 5.02 Å². The first-order valence-electron chi connectivity index (χ1n) is 7.39. The first-order valence-corrected chi connectivity index (χ1v) is 9.62. The highest BCUT2D eigenvalue weighted by Gasteiger charge is 2.44. The van der Waals surface area contributed by atoms with Gasteiger partial charge in [-0.2, -0.15) is 8.42 Å². The molecular formula is C15H18ClFN2O6S. The molecule has 11 heteroatoms. The molecule has 0 radical (unpaired) electrons. The number of ether oxygens (including phenoxy) is 2. The van der Waals surface area contributed by atoms with E-state index in [1.165, 1.54) is 18.2 Å². The molecule has 1 fully saturated rings. The maximum atomic E-state index is 13.3. The van der Waals surface area contributed by atoms with Gasteiger partial charge in [-0.15, -0.1) is 0 Å². The molecule has 2 unspecified atom stereocenters. The van der Waals surface area contributed by atoms with Crippen molar-refractivity contribution in [2.45, 2.75) is 18.4 Å². The van der Waals surface area contributed by atoms with Crippen molar-refractivity contribution in [3.63, 3.8) is 0 Å². The highest BCUT2D eigenvalue weighted by Crippen LogP contribution is 2.39. The Labute approximate surface area is 154 Å². The Morgan fingerprint density at radius 3 is 2.69 bits per heavy atom. The Hall–Kier alpha value is -1.56. The maximum Gasteiger partial charge on any atom is 0.261 e. The molecule has 144 valence electrons. The summed E-state index contributed by atoms with van der Waals surface area (Å²) < 4.78 is 52.5. The van der Waals surface area contributed by atoms with Crippen LogP contribution in [0.1, 0.15) is 5.56 Å². The number of aliphatic hydroxyl groups excluding tert-OH is 1. The van der Waals surface area contributed by atoms with Crippen molar-refractivity contribution in [3.8, 4) is 0 Å². The summed E-state index contributed by atoms with van der Waals surface area (Å²) in [7, 11) is -3.67. The average molecular weight is 409 g/mol. The lowest BCUT2D eigenvalue weighted by Gasteiger charge is -2.29. The predicted molar refractivity (Wildman–Crippen MR) is 90.7 cm³/mol. The van der Waals surface area contributed by atoms with Gasteiger partial charge in [-0.25, -0.2) is 9.37 Å². The van der Waals surface area contributed by atoms with E-state index in [9.17, 15) is 17.9 Å². The summed E-state index contributed by atoms with van der Waals surface area (Å²) in [4.78, 5) is 3.97. The third-order valence-corrected chi connectivity index (χ3v) is 3.67. The number of aromatic nitrogens is 2. The lowest BCUT2D eigenvalue weighted by atomic mass is 10.1. The van der Waals surface area contributed by atoms with Crippen LogP contribution in [0.4, 0.5) is 4.39 Å². The summed E-state index contributed by atoms with van der Waals surface area (Å²) in [5, 5.41) is 9.48. The van der Waals surface area contributed by atoms with Gasteiger partial charge >= 0.3 is 0 Å². The predicted octanol–water partition coefficient (Wildman–Crippen LogP) is 1.44. The molecule has 2 aromatic rings. The van der Waals surface area contributed by atoms with Crippen molar-refractivity contribution in [2.75, 3.05) is 19.5 Å². The van der Waals surface area contributed by atoms with Gasteiger partial charge in [-0.05, 0) is 18.2 Å². The number of imidazole rings is 1. The third kappa shape index (κ3) is 5.73. The molecule has 2 atom stereocenters. The molecule has 0 aliphatic carbocycles. The van der Waals surface area contributed by atoms with E-state index in [4.69, 9.17) is 25.6 Å². The molecule has 2 heterocycles. The van der Waals surface area contributed by atoms with Crippen molar-refractivity contribution in [1.82, 2.24) is 9.55 Å². The Morgan fingerprint density at radius 2 is 2.19 bits per heavy atom. The van der Waals surface area contributed by atoms with Gasteiger partial charge in [0, 0.05) is 18.0 Å². The second-order valence-electron chi connectivity index (χ2n) is 5.58. The van der Waals surface area contributed by atoms with Crippen molar-refractivity contribution in [1.29, 1.82) is 0 Å². The topological polar surface area (TPSA) is 111 Å². The van der Waals surface area contributed by atoms with Gasteiger partial charge in [-0.3, -0.25) is 4.55 Å². The highest BCUT2D eigenvalue weighted by atomic mass is 35.5. The van der Waals surface area contributed by atoms with Gasteiger partial charge in [-0.1, -0.05) is 11.6 Å². The minimum Gasteiger partial charge on any atom is -0.394 e. The Morgan fingerprint density at radius 1 is 1.50 bits per heavy atom. The van der Waals surface area contributed by atoms with E-state index in [2.05, 4.69) is 4.98 Å². The molecule has 26 heavy (non-hydrogen) atoms. The van der Waals surface area contributed by atoms with Crippen LogP contribution in [0.3, 0.4) is 0 Å². The van der Waals surface area contributed by atoms with E-state index >= 15 is 0 Å². The van der Waals surface area contributed by atoms with Crippen molar-refractivity contribution < 1.29 is 31.9 Å². The van der Waals surface area contributed by atoms with Gasteiger partial charge in [0.1, 0.15) is 11.9 Å². The molecule has 3 rings (SSSR count). The molecular weight excluding hydrogens is 391 g/mol. The maximum absolute atomic E-state index is 13.3. The number of halogens is 2. The van der Waals surface area contributed by atoms with Crippen LogP contribution in [0.25, 0.3) is 0 Å². The molecule has 1 aromatic carbocycles.